The number of para-hydroxylation sites is 2. The molecule has 146 valence electrons. The van der Waals surface area contributed by atoms with Crippen LogP contribution < -0.4 is 14.8 Å². The Morgan fingerprint density at radius 2 is 1.89 bits per heavy atom. The minimum absolute atomic E-state index is 0.0157. The van der Waals surface area contributed by atoms with Crippen molar-refractivity contribution in [1.29, 1.82) is 0 Å². The maximum Gasteiger partial charge on any atom is 0.264 e. The Hall–Kier alpha value is -3.09. The summed E-state index contributed by atoms with van der Waals surface area (Å²) in [5, 5.41) is 2.97. The van der Waals surface area contributed by atoms with E-state index >= 15 is 0 Å². The monoisotopic (exact) mass is 381 g/mol. The molecule has 0 unspecified atom stereocenters. The maximum absolute atomic E-state index is 12.5. The summed E-state index contributed by atoms with van der Waals surface area (Å²) in [4.78, 5) is 30.7. The second kappa shape index (κ2) is 8.29. The number of hydrogen-bond acceptors (Lipinski definition) is 5. The molecule has 0 radical (unpaired) electrons. The Kier molecular flexibility index (Phi) is 5.41. The summed E-state index contributed by atoms with van der Waals surface area (Å²) < 4.78 is 11.3. The van der Waals surface area contributed by atoms with Crippen LogP contribution in [-0.2, 0) is 4.79 Å². The van der Waals surface area contributed by atoms with Crippen LogP contribution in [0.25, 0.3) is 0 Å². The van der Waals surface area contributed by atoms with Gasteiger partial charge in [-0.1, -0.05) is 12.1 Å². The SMILES string of the molecule is O=C(NCC1CCN(C(=O)c2cccnc2)CC1)[C@H]1COc2ccccc2O1. The van der Waals surface area contributed by atoms with Crippen LogP contribution in [0.4, 0.5) is 0 Å². The molecule has 7 nitrogen and oxygen atoms in total. The normalized spacial score (nSPS) is 19.1. The molecule has 0 spiro atoms. The third kappa shape index (κ3) is 4.08. The van der Waals surface area contributed by atoms with E-state index in [-0.39, 0.29) is 18.4 Å². The maximum atomic E-state index is 12.5. The number of pyridine rings is 1. The second-order valence-corrected chi connectivity index (χ2v) is 7.09. The summed E-state index contributed by atoms with van der Waals surface area (Å²) in [6.45, 7) is 2.16. The minimum Gasteiger partial charge on any atom is -0.485 e. The zero-order chi connectivity index (χ0) is 19.3. The van der Waals surface area contributed by atoms with E-state index in [1.165, 1.54) is 0 Å². The molecule has 1 N–H and O–H groups in total. The molecule has 1 atom stereocenters. The van der Waals surface area contributed by atoms with E-state index in [0.717, 1.165) is 12.8 Å². The van der Waals surface area contributed by atoms with E-state index < -0.39 is 6.10 Å². The summed E-state index contributed by atoms with van der Waals surface area (Å²) in [6.07, 6.45) is 4.33. The topological polar surface area (TPSA) is 80.8 Å². The predicted molar refractivity (Wildman–Crippen MR) is 102 cm³/mol. The Morgan fingerprint density at radius 3 is 2.64 bits per heavy atom. The fourth-order valence-corrected chi connectivity index (χ4v) is 3.52. The molecule has 1 fully saturated rings. The van der Waals surface area contributed by atoms with Crippen LogP contribution in [0.1, 0.15) is 23.2 Å². The number of ether oxygens (including phenoxy) is 2. The van der Waals surface area contributed by atoms with Gasteiger partial charge in [-0.05, 0) is 43.0 Å². The number of benzene rings is 1. The van der Waals surface area contributed by atoms with E-state index in [2.05, 4.69) is 10.3 Å². The predicted octanol–water partition coefficient (Wildman–Crippen LogP) is 1.89. The molecule has 1 saturated heterocycles. The largest absolute Gasteiger partial charge is 0.485 e. The van der Waals surface area contributed by atoms with Gasteiger partial charge in [-0.25, -0.2) is 0 Å². The van der Waals surface area contributed by atoms with Gasteiger partial charge < -0.3 is 19.7 Å². The van der Waals surface area contributed by atoms with Gasteiger partial charge in [0.2, 0.25) is 6.10 Å². The number of carbonyl (C=O) groups is 2. The third-order valence-electron chi connectivity index (χ3n) is 5.18. The quantitative estimate of drug-likeness (QED) is 0.875. The van der Waals surface area contributed by atoms with Gasteiger partial charge in [-0.2, -0.15) is 0 Å². The summed E-state index contributed by atoms with van der Waals surface area (Å²) in [5.41, 5.74) is 0.615. The van der Waals surface area contributed by atoms with E-state index in [0.29, 0.717) is 42.6 Å². The lowest BCUT2D eigenvalue weighted by Gasteiger charge is -2.32. The first-order chi connectivity index (χ1) is 13.7. The Labute approximate surface area is 163 Å². The minimum atomic E-state index is -0.637. The first-order valence-corrected chi connectivity index (χ1v) is 9.56. The average Bonchev–Trinajstić information content (AvgIpc) is 2.77. The molecule has 7 heteroatoms. The number of nitrogens with one attached hydrogen (secondary N) is 1. The van der Waals surface area contributed by atoms with Crippen molar-refractivity contribution in [2.75, 3.05) is 26.2 Å². The summed E-state index contributed by atoms with van der Waals surface area (Å²) in [5.74, 6) is 1.46. The van der Waals surface area contributed by atoms with Crippen LogP contribution in [0, 0.1) is 5.92 Å². The molecule has 28 heavy (non-hydrogen) atoms. The Balaban J connectivity index is 1.22. The van der Waals surface area contributed by atoms with Crippen LogP contribution in [0.15, 0.2) is 48.8 Å². The van der Waals surface area contributed by atoms with Crippen molar-refractivity contribution in [2.45, 2.75) is 18.9 Å². The van der Waals surface area contributed by atoms with Crippen molar-refractivity contribution in [3.63, 3.8) is 0 Å². The zero-order valence-corrected chi connectivity index (χ0v) is 15.5. The standard InChI is InChI=1S/C21H23N3O4/c25-20(19-14-27-17-5-1-2-6-18(17)28-19)23-12-15-7-10-24(11-8-15)21(26)16-4-3-9-22-13-16/h1-6,9,13,15,19H,7-8,10-12,14H2,(H,23,25)/t19-/m1/s1. The van der Waals surface area contributed by atoms with E-state index in [4.69, 9.17) is 9.47 Å². The molecule has 2 aliphatic heterocycles. The number of carbonyl (C=O) groups excluding carboxylic acids is 2. The molecule has 1 aromatic heterocycles. The van der Waals surface area contributed by atoms with E-state index in [9.17, 15) is 9.59 Å². The first kappa shape index (κ1) is 18.3. The molecular formula is C21H23N3O4. The van der Waals surface area contributed by atoms with Crippen molar-refractivity contribution < 1.29 is 19.1 Å². The fourth-order valence-electron chi connectivity index (χ4n) is 3.52. The van der Waals surface area contributed by atoms with Crippen LogP contribution in [0.2, 0.25) is 0 Å². The smallest absolute Gasteiger partial charge is 0.264 e. The second-order valence-electron chi connectivity index (χ2n) is 7.09. The van der Waals surface area contributed by atoms with Gasteiger partial charge >= 0.3 is 0 Å². The van der Waals surface area contributed by atoms with Crippen LogP contribution >= 0.6 is 0 Å². The number of aromatic nitrogens is 1. The van der Waals surface area contributed by atoms with Crippen molar-refractivity contribution in [3.8, 4) is 11.5 Å². The molecule has 2 aliphatic rings. The van der Waals surface area contributed by atoms with Gasteiger partial charge in [-0.15, -0.1) is 0 Å². The highest BCUT2D eigenvalue weighted by Gasteiger charge is 2.29. The Bertz CT molecular complexity index is 835. The number of nitrogens with zero attached hydrogens (tertiary/aromatic N) is 2. The van der Waals surface area contributed by atoms with Gasteiger partial charge in [0.25, 0.3) is 11.8 Å². The number of fused-ring (bicyclic) bond motifs is 1. The van der Waals surface area contributed by atoms with Gasteiger partial charge in [0, 0.05) is 32.0 Å². The highest BCUT2D eigenvalue weighted by molar-refractivity contribution is 5.93. The molecular weight excluding hydrogens is 358 g/mol. The lowest BCUT2D eigenvalue weighted by molar-refractivity contribution is -0.130. The lowest BCUT2D eigenvalue weighted by Crippen LogP contribution is -2.47. The third-order valence-corrected chi connectivity index (χ3v) is 5.18. The van der Waals surface area contributed by atoms with Crippen molar-refractivity contribution in [3.05, 3.63) is 54.4 Å². The molecule has 1 aromatic carbocycles. The van der Waals surface area contributed by atoms with Crippen molar-refractivity contribution in [1.82, 2.24) is 15.2 Å². The van der Waals surface area contributed by atoms with Crippen LogP contribution in [-0.4, -0.2) is 54.0 Å². The van der Waals surface area contributed by atoms with E-state index in [1.807, 2.05) is 23.1 Å². The zero-order valence-electron chi connectivity index (χ0n) is 15.5. The summed E-state index contributed by atoms with van der Waals surface area (Å²) in [7, 11) is 0. The number of likely N-dealkylation sites (tertiary alicyclic amines) is 1. The first-order valence-electron chi connectivity index (χ1n) is 9.56. The Morgan fingerprint density at radius 1 is 1.11 bits per heavy atom. The molecule has 2 amide bonds. The van der Waals surface area contributed by atoms with Gasteiger partial charge in [0.1, 0.15) is 6.61 Å². The molecule has 0 bridgehead atoms. The highest BCUT2D eigenvalue weighted by Crippen LogP contribution is 2.30. The fraction of sp³-hybridized carbons (Fsp3) is 0.381. The molecule has 3 heterocycles. The number of hydrogen-bond donors (Lipinski definition) is 1. The lowest BCUT2D eigenvalue weighted by atomic mass is 9.96. The average molecular weight is 381 g/mol. The van der Waals surface area contributed by atoms with Gasteiger partial charge in [0.15, 0.2) is 11.5 Å². The molecule has 4 rings (SSSR count). The van der Waals surface area contributed by atoms with Crippen molar-refractivity contribution in [2.24, 2.45) is 5.92 Å². The van der Waals surface area contributed by atoms with Gasteiger partial charge in [0.05, 0.1) is 5.56 Å². The number of amides is 2. The van der Waals surface area contributed by atoms with Crippen molar-refractivity contribution >= 4 is 11.8 Å². The summed E-state index contributed by atoms with van der Waals surface area (Å²) >= 11 is 0. The molecule has 0 aliphatic carbocycles. The number of rotatable bonds is 4. The number of piperidine rings is 1. The summed E-state index contributed by atoms with van der Waals surface area (Å²) in [6, 6.07) is 10.9. The van der Waals surface area contributed by atoms with Crippen LogP contribution in [0.3, 0.4) is 0 Å². The highest BCUT2D eigenvalue weighted by atomic mass is 16.6. The molecule has 2 aromatic rings. The molecule has 0 saturated carbocycles. The van der Waals surface area contributed by atoms with Gasteiger partial charge in [-0.3, -0.25) is 14.6 Å². The van der Waals surface area contributed by atoms with E-state index in [1.54, 1.807) is 30.6 Å². The van der Waals surface area contributed by atoms with Crippen LogP contribution in [0.5, 0.6) is 11.5 Å².